The van der Waals surface area contributed by atoms with E-state index >= 15 is 0 Å². The molecule has 1 N–H and O–H groups in total. The molecule has 20 heavy (non-hydrogen) atoms. The number of hydrogen-bond donors (Lipinski definition) is 1. The zero-order valence-corrected chi connectivity index (χ0v) is 14.9. The second-order valence-electron chi connectivity index (χ2n) is 8.08. The van der Waals surface area contributed by atoms with E-state index in [0.29, 0.717) is 11.5 Å². The highest BCUT2D eigenvalue weighted by atomic mass is 32.2. The summed E-state index contributed by atoms with van der Waals surface area (Å²) in [5.41, 5.74) is 0.361. The maximum absolute atomic E-state index is 3.81. The highest BCUT2D eigenvalue weighted by Gasteiger charge is 2.36. The van der Waals surface area contributed by atoms with Gasteiger partial charge < -0.3 is 5.32 Å². The van der Waals surface area contributed by atoms with Gasteiger partial charge in [0.05, 0.1) is 0 Å². The molecule has 3 atom stereocenters. The summed E-state index contributed by atoms with van der Waals surface area (Å²) in [4.78, 5) is 2.81. The zero-order chi connectivity index (χ0) is 14.8. The van der Waals surface area contributed by atoms with Crippen LogP contribution in [-0.4, -0.2) is 47.6 Å². The number of nitrogens with zero attached hydrogens (tertiary/aromatic N) is 1. The van der Waals surface area contributed by atoms with Crippen molar-refractivity contribution in [2.24, 2.45) is 11.3 Å². The van der Waals surface area contributed by atoms with Gasteiger partial charge in [0, 0.05) is 37.0 Å². The third-order valence-electron chi connectivity index (χ3n) is 4.99. The molecule has 2 rings (SSSR count). The lowest BCUT2D eigenvalue weighted by atomic mass is 9.83. The van der Waals surface area contributed by atoms with Crippen LogP contribution in [0.5, 0.6) is 0 Å². The second kappa shape index (κ2) is 7.02. The Morgan fingerprint density at radius 3 is 2.55 bits per heavy atom. The maximum atomic E-state index is 3.81. The summed E-state index contributed by atoms with van der Waals surface area (Å²) in [6.45, 7) is 15.6. The summed E-state index contributed by atoms with van der Waals surface area (Å²) >= 11 is 2.22. The second-order valence-corrected chi connectivity index (χ2v) is 9.49. The van der Waals surface area contributed by atoms with Gasteiger partial charge in [0.1, 0.15) is 0 Å². The van der Waals surface area contributed by atoms with Gasteiger partial charge in [-0.2, -0.15) is 11.8 Å². The first-order chi connectivity index (χ1) is 9.38. The van der Waals surface area contributed by atoms with E-state index in [1.807, 2.05) is 0 Å². The Balaban J connectivity index is 1.98. The smallest absolute Gasteiger partial charge is 0.0244 e. The first-order valence-corrected chi connectivity index (χ1v) is 9.52. The molecule has 3 unspecified atom stereocenters. The molecule has 0 aromatic carbocycles. The first-order valence-electron chi connectivity index (χ1n) is 8.47. The lowest BCUT2D eigenvalue weighted by Crippen LogP contribution is -2.62. The zero-order valence-electron chi connectivity index (χ0n) is 14.1. The van der Waals surface area contributed by atoms with E-state index in [0.717, 1.165) is 23.8 Å². The van der Waals surface area contributed by atoms with Crippen molar-refractivity contribution >= 4 is 11.8 Å². The number of nitrogens with one attached hydrogen (secondary N) is 1. The average molecular weight is 299 g/mol. The Morgan fingerprint density at radius 1 is 1.25 bits per heavy atom. The SMILES string of the molecule is CC(C)C1CNC(C(C)(C)C)CN1CC1CCCCS1. The summed E-state index contributed by atoms with van der Waals surface area (Å²) in [6.07, 6.45) is 4.30. The van der Waals surface area contributed by atoms with Crippen LogP contribution in [0.4, 0.5) is 0 Å². The van der Waals surface area contributed by atoms with Crippen LogP contribution >= 0.6 is 11.8 Å². The summed E-state index contributed by atoms with van der Waals surface area (Å²) in [5.74, 6) is 2.13. The van der Waals surface area contributed by atoms with E-state index < -0.39 is 0 Å². The van der Waals surface area contributed by atoms with Crippen molar-refractivity contribution in [1.29, 1.82) is 0 Å². The highest BCUT2D eigenvalue weighted by molar-refractivity contribution is 7.99. The van der Waals surface area contributed by atoms with Gasteiger partial charge in [-0.3, -0.25) is 4.90 Å². The minimum atomic E-state index is 0.361. The Labute approximate surface area is 130 Å². The van der Waals surface area contributed by atoms with Crippen molar-refractivity contribution in [3.63, 3.8) is 0 Å². The number of thioether (sulfide) groups is 1. The molecule has 3 heteroatoms. The molecule has 2 aliphatic rings. The Hall–Kier alpha value is 0.270. The Kier molecular flexibility index (Phi) is 5.84. The van der Waals surface area contributed by atoms with E-state index in [2.05, 4.69) is 56.6 Å². The molecule has 0 bridgehead atoms. The van der Waals surface area contributed by atoms with Crippen LogP contribution in [0.15, 0.2) is 0 Å². The molecule has 2 saturated heterocycles. The minimum absolute atomic E-state index is 0.361. The fraction of sp³-hybridized carbons (Fsp3) is 1.00. The molecule has 0 aromatic heterocycles. The molecular formula is C17H34N2S. The predicted molar refractivity (Wildman–Crippen MR) is 91.5 cm³/mol. The third-order valence-corrected chi connectivity index (χ3v) is 6.37. The molecule has 2 fully saturated rings. The topological polar surface area (TPSA) is 15.3 Å². The number of hydrogen-bond acceptors (Lipinski definition) is 3. The number of rotatable bonds is 3. The Bertz CT molecular complexity index is 292. The lowest BCUT2D eigenvalue weighted by molar-refractivity contribution is 0.0629. The first kappa shape index (κ1) is 16.6. The standard InChI is InChI=1S/C17H34N2S/c1-13(2)15-10-18-16(17(3,4)5)12-19(15)11-14-8-6-7-9-20-14/h13-16,18H,6-12H2,1-5H3. The monoisotopic (exact) mass is 298 g/mol. The normalized spacial score (nSPS) is 33.6. The fourth-order valence-corrected chi connectivity index (χ4v) is 4.82. The fourth-order valence-electron chi connectivity index (χ4n) is 3.49. The van der Waals surface area contributed by atoms with Gasteiger partial charge in [-0.05, 0) is 29.9 Å². The van der Waals surface area contributed by atoms with Crippen molar-refractivity contribution in [1.82, 2.24) is 10.2 Å². The molecule has 2 heterocycles. The van der Waals surface area contributed by atoms with Crippen molar-refractivity contribution < 1.29 is 0 Å². The molecule has 118 valence electrons. The van der Waals surface area contributed by atoms with Crippen LogP contribution < -0.4 is 5.32 Å². The van der Waals surface area contributed by atoms with Crippen LogP contribution in [0.25, 0.3) is 0 Å². The quantitative estimate of drug-likeness (QED) is 0.857. The van der Waals surface area contributed by atoms with E-state index in [1.165, 1.54) is 38.1 Å². The van der Waals surface area contributed by atoms with Gasteiger partial charge in [0.2, 0.25) is 0 Å². The molecule has 0 amide bonds. The van der Waals surface area contributed by atoms with Gasteiger partial charge in [-0.25, -0.2) is 0 Å². The summed E-state index contributed by atoms with van der Waals surface area (Å²) in [5, 5.41) is 4.69. The summed E-state index contributed by atoms with van der Waals surface area (Å²) in [7, 11) is 0. The molecule has 0 spiro atoms. The van der Waals surface area contributed by atoms with Gasteiger partial charge in [-0.1, -0.05) is 41.0 Å². The van der Waals surface area contributed by atoms with Crippen molar-refractivity contribution in [2.45, 2.75) is 71.2 Å². The van der Waals surface area contributed by atoms with Crippen molar-refractivity contribution in [2.75, 3.05) is 25.4 Å². The average Bonchev–Trinajstić information content (AvgIpc) is 2.38. The van der Waals surface area contributed by atoms with Crippen molar-refractivity contribution in [3.8, 4) is 0 Å². The van der Waals surface area contributed by atoms with Gasteiger partial charge in [-0.15, -0.1) is 0 Å². The van der Waals surface area contributed by atoms with E-state index in [1.54, 1.807) is 0 Å². The molecule has 0 aromatic rings. The van der Waals surface area contributed by atoms with Gasteiger partial charge in [0.25, 0.3) is 0 Å². The summed E-state index contributed by atoms with van der Waals surface area (Å²) < 4.78 is 0. The van der Waals surface area contributed by atoms with E-state index in [4.69, 9.17) is 0 Å². The predicted octanol–water partition coefficient (Wildman–Crippen LogP) is 3.62. The van der Waals surface area contributed by atoms with Gasteiger partial charge >= 0.3 is 0 Å². The van der Waals surface area contributed by atoms with Crippen LogP contribution in [0.1, 0.15) is 53.9 Å². The van der Waals surface area contributed by atoms with E-state index in [-0.39, 0.29) is 0 Å². The third kappa shape index (κ3) is 4.38. The lowest BCUT2D eigenvalue weighted by Gasteiger charge is -2.47. The van der Waals surface area contributed by atoms with Crippen LogP contribution in [-0.2, 0) is 0 Å². The molecule has 0 radical (unpaired) electrons. The molecule has 0 aliphatic carbocycles. The Morgan fingerprint density at radius 2 is 2.00 bits per heavy atom. The number of piperazine rings is 1. The van der Waals surface area contributed by atoms with Crippen LogP contribution in [0.3, 0.4) is 0 Å². The molecule has 0 saturated carbocycles. The summed E-state index contributed by atoms with van der Waals surface area (Å²) in [6, 6.07) is 1.35. The van der Waals surface area contributed by atoms with Crippen molar-refractivity contribution in [3.05, 3.63) is 0 Å². The van der Waals surface area contributed by atoms with E-state index in [9.17, 15) is 0 Å². The minimum Gasteiger partial charge on any atom is -0.311 e. The van der Waals surface area contributed by atoms with Crippen LogP contribution in [0.2, 0.25) is 0 Å². The largest absolute Gasteiger partial charge is 0.311 e. The molecule has 2 aliphatic heterocycles. The van der Waals surface area contributed by atoms with Crippen LogP contribution in [0, 0.1) is 11.3 Å². The molecular weight excluding hydrogens is 264 g/mol. The molecule has 2 nitrogen and oxygen atoms in total. The maximum Gasteiger partial charge on any atom is 0.0244 e. The van der Waals surface area contributed by atoms with Gasteiger partial charge in [0.15, 0.2) is 0 Å². The highest BCUT2D eigenvalue weighted by Crippen LogP contribution is 2.30.